The summed E-state index contributed by atoms with van der Waals surface area (Å²) in [6.45, 7) is 3.09. The quantitative estimate of drug-likeness (QED) is 0.621. The zero-order valence-electron chi connectivity index (χ0n) is 12.8. The molecule has 0 aliphatic carbocycles. The summed E-state index contributed by atoms with van der Waals surface area (Å²) >= 11 is 0. The maximum absolute atomic E-state index is 13.6. The van der Waals surface area contributed by atoms with Crippen LogP contribution in [0.25, 0.3) is 0 Å². The molecule has 2 atom stereocenters. The van der Waals surface area contributed by atoms with Crippen molar-refractivity contribution in [2.45, 2.75) is 31.7 Å². The fourth-order valence-corrected chi connectivity index (χ4v) is 2.48. The van der Waals surface area contributed by atoms with Gasteiger partial charge in [0.2, 0.25) is 0 Å². The van der Waals surface area contributed by atoms with Gasteiger partial charge in [-0.25, -0.2) is 9.18 Å². The maximum Gasteiger partial charge on any atom is 0.330 e. The Morgan fingerprint density at radius 3 is 2.86 bits per heavy atom. The molecule has 1 heterocycles. The van der Waals surface area contributed by atoms with E-state index in [2.05, 4.69) is 5.32 Å². The van der Waals surface area contributed by atoms with E-state index in [4.69, 9.17) is 9.47 Å². The molecule has 0 aromatic heterocycles. The first-order valence-electron chi connectivity index (χ1n) is 7.50. The minimum atomic E-state index is -0.938. The summed E-state index contributed by atoms with van der Waals surface area (Å²) < 4.78 is 24.1. The topological polar surface area (TPSA) is 47.6 Å². The minimum absolute atomic E-state index is 0.266. The number of ether oxygens (including phenoxy) is 2. The highest BCUT2D eigenvalue weighted by Gasteiger charge is 2.37. The first-order chi connectivity index (χ1) is 10.6. The lowest BCUT2D eigenvalue weighted by Crippen LogP contribution is -2.42. The van der Waals surface area contributed by atoms with Gasteiger partial charge >= 0.3 is 5.97 Å². The zero-order chi connectivity index (χ0) is 15.8. The summed E-state index contributed by atoms with van der Waals surface area (Å²) in [6, 6.07) is 9.78. The van der Waals surface area contributed by atoms with Crippen molar-refractivity contribution < 1.29 is 18.7 Å². The Hall–Kier alpha value is -1.72. The molecule has 0 unspecified atom stereocenters. The monoisotopic (exact) mass is 307 g/mol. The van der Waals surface area contributed by atoms with Gasteiger partial charge in [-0.05, 0) is 12.5 Å². The van der Waals surface area contributed by atoms with Crippen LogP contribution in [0.1, 0.15) is 18.9 Å². The van der Waals surface area contributed by atoms with Gasteiger partial charge in [0.25, 0.3) is 0 Å². The number of benzene rings is 1. The van der Waals surface area contributed by atoms with Gasteiger partial charge in [-0.15, -0.1) is 0 Å². The number of halogens is 1. The van der Waals surface area contributed by atoms with Gasteiger partial charge in [0.1, 0.15) is 6.17 Å². The number of carbonyl (C=O) groups is 1. The standard InChI is InChI=1S/C17H22FNO3/c1-2-22-16(20)8-9-17(10-15(18)11-19-17)13-21-12-14-6-4-3-5-7-14/h3-9,15,19H,2,10-13H2,1H3/b9-8+/t15-,17+/m1/s1. The smallest absolute Gasteiger partial charge is 0.330 e. The summed E-state index contributed by atoms with van der Waals surface area (Å²) in [4.78, 5) is 11.4. The summed E-state index contributed by atoms with van der Waals surface area (Å²) in [6.07, 6.45) is 2.36. The number of nitrogens with one attached hydrogen (secondary N) is 1. The van der Waals surface area contributed by atoms with Crippen LogP contribution in [0.4, 0.5) is 4.39 Å². The summed E-state index contributed by atoms with van der Waals surface area (Å²) in [5.74, 6) is -0.422. The molecule has 4 nitrogen and oxygen atoms in total. The van der Waals surface area contributed by atoms with Crippen LogP contribution in [0.2, 0.25) is 0 Å². The van der Waals surface area contributed by atoms with E-state index in [1.54, 1.807) is 13.0 Å². The molecule has 22 heavy (non-hydrogen) atoms. The largest absolute Gasteiger partial charge is 0.463 e. The van der Waals surface area contributed by atoms with Gasteiger partial charge in [-0.1, -0.05) is 36.4 Å². The van der Waals surface area contributed by atoms with Crippen LogP contribution in [0.5, 0.6) is 0 Å². The van der Waals surface area contributed by atoms with Gasteiger partial charge in [0.05, 0.1) is 25.4 Å². The van der Waals surface area contributed by atoms with Crippen LogP contribution in [0.3, 0.4) is 0 Å². The fourth-order valence-electron chi connectivity index (χ4n) is 2.48. The highest BCUT2D eigenvalue weighted by atomic mass is 19.1. The molecular formula is C17H22FNO3. The summed E-state index contributed by atoms with van der Waals surface area (Å²) in [7, 11) is 0. The lowest BCUT2D eigenvalue weighted by molar-refractivity contribution is -0.137. The molecule has 1 aromatic rings. The van der Waals surface area contributed by atoms with Crippen LogP contribution in [-0.4, -0.2) is 37.4 Å². The summed E-state index contributed by atoms with van der Waals surface area (Å²) in [5, 5.41) is 3.11. The van der Waals surface area contributed by atoms with E-state index in [1.165, 1.54) is 6.08 Å². The third kappa shape index (κ3) is 4.93. The Morgan fingerprint density at radius 1 is 1.45 bits per heavy atom. The number of rotatable bonds is 7. The van der Waals surface area contributed by atoms with E-state index in [0.29, 0.717) is 19.8 Å². The molecule has 5 heteroatoms. The molecule has 1 saturated heterocycles. The van der Waals surface area contributed by atoms with Crippen LogP contribution in [0.15, 0.2) is 42.5 Å². The van der Waals surface area contributed by atoms with Gasteiger partial charge < -0.3 is 14.8 Å². The molecule has 1 N–H and O–H groups in total. The van der Waals surface area contributed by atoms with Crippen LogP contribution >= 0.6 is 0 Å². The lowest BCUT2D eigenvalue weighted by Gasteiger charge is -2.25. The van der Waals surface area contributed by atoms with E-state index in [0.717, 1.165) is 5.56 Å². The number of hydrogen-bond acceptors (Lipinski definition) is 4. The van der Waals surface area contributed by atoms with E-state index in [9.17, 15) is 9.18 Å². The predicted molar refractivity (Wildman–Crippen MR) is 82.1 cm³/mol. The van der Waals surface area contributed by atoms with Crippen molar-refractivity contribution in [1.29, 1.82) is 0 Å². The SMILES string of the molecule is CCOC(=O)/C=C/[C@@]1(COCc2ccccc2)C[C@@H](F)CN1. The molecule has 1 aliphatic rings. The first-order valence-corrected chi connectivity index (χ1v) is 7.50. The number of esters is 1. The number of alkyl halides is 1. The van der Waals surface area contributed by atoms with Crippen molar-refractivity contribution in [2.24, 2.45) is 0 Å². The third-order valence-electron chi connectivity index (χ3n) is 3.56. The molecule has 0 amide bonds. The van der Waals surface area contributed by atoms with Crippen LogP contribution in [-0.2, 0) is 20.9 Å². The van der Waals surface area contributed by atoms with Crippen LogP contribution in [0, 0.1) is 0 Å². The normalized spacial score (nSPS) is 24.7. The van der Waals surface area contributed by atoms with Gasteiger partial charge in [-0.3, -0.25) is 0 Å². The second-order valence-corrected chi connectivity index (χ2v) is 5.40. The molecular weight excluding hydrogens is 285 g/mol. The highest BCUT2D eigenvalue weighted by Crippen LogP contribution is 2.24. The van der Waals surface area contributed by atoms with Gasteiger partial charge in [0.15, 0.2) is 0 Å². The third-order valence-corrected chi connectivity index (χ3v) is 3.56. The highest BCUT2D eigenvalue weighted by molar-refractivity contribution is 5.82. The Labute approximate surface area is 130 Å². The molecule has 0 bridgehead atoms. The predicted octanol–water partition coefficient (Wildman–Crippen LogP) is 2.39. The van der Waals surface area contributed by atoms with E-state index in [1.807, 2.05) is 30.3 Å². The van der Waals surface area contributed by atoms with E-state index >= 15 is 0 Å². The second kappa shape index (κ2) is 8.06. The zero-order valence-corrected chi connectivity index (χ0v) is 12.8. The Morgan fingerprint density at radius 2 is 2.23 bits per heavy atom. The first kappa shape index (κ1) is 16.6. The Kier molecular flexibility index (Phi) is 6.10. The average molecular weight is 307 g/mol. The van der Waals surface area contributed by atoms with Crippen molar-refractivity contribution in [3.63, 3.8) is 0 Å². The molecule has 2 rings (SSSR count). The van der Waals surface area contributed by atoms with Crippen molar-refractivity contribution >= 4 is 5.97 Å². The molecule has 1 aromatic carbocycles. The van der Waals surface area contributed by atoms with E-state index in [-0.39, 0.29) is 13.0 Å². The van der Waals surface area contributed by atoms with Crippen LogP contribution < -0.4 is 5.32 Å². The maximum atomic E-state index is 13.6. The molecule has 120 valence electrons. The van der Waals surface area contributed by atoms with Crippen molar-refractivity contribution in [2.75, 3.05) is 19.8 Å². The average Bonchev–Trinajstić information content (AvgIpc) is 2.89. The minimum Gasteiger partial charge on any atom is -0.463 e. The number of hydrogen-bond donors (Lipinski definition) is 1. The summed E-state index contributed by atoms with van der Waals surface area (Å²) in [5.41, 5.74) is 0.405. The van der Waals surface area contributed by atoms with Crippen molar-refractivity contribution in [3.8, 4) is 0 Å². The molecule has 1 fully saturated rings. The van der Waals surface area contributed by atoms with Gasteiger partial charge in [0, 0.05) is 19.0 Å². The molecule has 0 saturated carbocycles. The van der Waals surface area contributed by atoms with E-state index < -0.39 is 17.7 Å². The molecule has 0 radical (unpaired) electrons. The number of carbonyl (C=O) groups excluding carboxylic acids is 1. The van der Waals surface area contributed by atoms with Gasteiger partial charge in [-0.2, -0.15) is 0 Å². The fraction of sp³-hybridized carbons (Fsp3) is 0.471. The lowest BCUT2D eigenvalue weighted by atomic mass is 9.97. The Bertz CT molecular complexity index is 506. The second-order valence-electron chi connectivity index (χ2n) is 5.40. The molecule has 0 spiro atoms. The molecule has 1 aliphatic heterocycles. The Balaban J connectivity index is 1.93. The van der Waals surface area contributed by atoms with Crippen molar-refractivity contribution in [3.05, 3.63) is 48.0 Å². The van der Waals surface area contributed by atoms with Crippen molar-refractivity contribution in [1.82, 2.24) is 5.32 Å².